The highest BCUT2D eigenvalue weighted by molar-refractivity contribution is 5.92. The first-order chi connectivity index (χ1) is 15.0. The number of aromatic nitrogens is 5. The third-order valence-corrected chi connectivity index (χ3v) is 5.39. The van der Waals surface area contributed by atoms with E-state index in [4.69, 9.17) is 0 Å². The smallest absolute Gasteiger partial charge is 0.247 e. The number of carbonyl (C=O) groups excluding carboxylic acids is 1. The van der Waals surface area contributed by atoms with Gasteiger partial charge in [0.2, 0.25) is 5.91 Å². The highest BCUT2D eigenvalue weighted by atomic mass is 16.2. The van der Waals surface area contributed by atoms with Crippen LogP contribution in [0, 0.1) is 13.8 Å². The molecule has 1 atom stereocenters. The number of hydrogen-bond donors (Lipinski definition) is 1. The first kappa shape index (κ1) is 20.7. The maximum Gasteiger partial charge on any atom is 0.247 e. The Kier molecular flexibility index (Phi) is 6.06. The Hall–Kier alpha value is -3.55. The van der Waals surface area contributed by atoms with E-state index in [1.807, 2.05) is 62.2 Å². The quantitative estimate of drug-likeness (QED) is 0.636. The molecule has 160 valence electrons. The van der Waals surface area contributed by atoms with Gasteiger partial charge in [-0.2, -0.15) is 5.10 Å². The summed E-state index contributed by atoms with van der Waals surface area (Å²) in [7, 11) is 1.86. The molecule has 0 saturated carbocycles. The van der Waals surface area contributed by atoms with E-state index in [0.29, 0.717) is 18.2 Å². The first-order valence-corrected chi connectivity index (χ1v) is 10.5. The Balaban J connectivity index is 1.57. The van der Waals surface area contributed by atoms with Crippen molar-refractivity contribution < 1.29 is 4.79 Å². The molecule has 4 rings (SSSR count). The number of nitrogens with one attached hydrogen (secondary N) is 1. The molecular formula is C23H27N7O. The Bertz CT molecular complexity index is 1100. The van der Waals surface area contributed by atoms with Gasteiger partial charge < -0.3 is 10.2 Å². The van der Waals surface area contributed by atoms with Crippen LogP contribution < -0.4 is 5.32 Å². The Morgan fingerprint density at radius 1 is 1.13 bits per heavy atom. The summed E-state index contributed by atoms with van der Waals surface area (Å²) in [6, 6.07) is 9.54. The zero-order chi connectivity index (χ0) is 21.8. The van der Waals surface area contributed by atoms with Crippen LogP contribution in [0.3, 0.4) is 0 Å². The molecule has 1 aliphatic heterocycles. The second-order valence-corrected chi connectivity index (χ2v) is 7.77. The second-order valence-electron chi connectivity index (χ2n) is 7.77. The minimum atomic E-state index is -0.0786. The standard InChI is InChI=1S/C23H27N7O/c1-16-7-6-9-21(25-16)28-22-15-19(26-17(2)27-22)20-8-4-5-14-30(20)23(31)11-10-18-12-13-24-29(18)3/h6-7,9-13,15,20H,4-5,8,14H2,1-3H3,(H,25,26,27,28)/b11-10+/t20-/m1/s1. The van der Waals surface area contributed by atoms with Crippen LogP contribution in [-0.4, -0.2) is 42.1 Å². The van der Waals surface area contributed by atoms with E-state index in [1.54, 1.807) is 17.0 Å². The number of anilines is 2. The van der Waals surface area contributed by atoms with Gasteiger partial charge in [-0.05, 0) is 57.4 Å². The molecule has 0 unspecified atom stereocenters. The number of nitrogens with zero attached hydrogens (tertiary/aromatic N) is 6. The van der Waals surface area contributed by atoms with E-state index in [9.17, 15) is 4.79 Å². The number of hydrogen-bond acceptors (Lipinski definition) is 6. The lowest BCUT2D eigenvalue weighted by molar-refractivity contribution is -0.129. The van der Waals surface area contributed by atoms with Gasteiger partial charge in [-0.15, -0.1) is 0 Å². The molecule has 0 aromatic carbocycles. The van der Waals surface area contributed by atoms with Crippen LogP contribution in [0.2, 0.25) is 0 Å². The van der Waals surface area contributed by atoms with Gasteiger partial charge in [-0.25, -0.2) is 15.0 Å². The van der Waals surface area contributed by atoms with Gasteiger partial charge in [0.15, 0.2) is 0 Å². The van der Waals surface area contributed by atoms with Gasteiger partial charge in [0, 0.05) is 37.6 Å². The molecule has 3 aromatic rings. The van der Waals surface area contributed by atoms with E-state index in [-0.39, 0.29) is 11.9 Å². The van der Waals surface area contributed by atoms with Crippen LogP contribution in [0.4, 0.5) is 11.6 Å². The van der Waals surface area contributed by atoms with Crippen LogP contribution in [0.1, 0.15) is 48.2 Å². The average molecular weight is 418 g/mol. The number of likely N-dealkylation sites (tertiary alicyclic amines) is 1. The van der Waals surface area contributed by atoms with E-state index in [1.165, 1.54) is 0 Å². The number of piperidine rings is 1. The van der Waals surface area contributed by atoms with Crippen LogP contribution in [0.25, 0.3) is 6.08 Å². The number of carbonyl (C=O) groups is 1. The summed E-state index contributed by atoms with van der Waals surface area (Å²) < 4.78 is 1.74. The molecule has 8 heteroatoms. The van der Waals surface area contributed by atoms with Crippen molar-refractivity contribution in [1.82, 2.24) is 29.6 Å². The summed E-state index contributed by atoms with van der Waals surface area (Å²) in [5.41, 5.74) is 2.67. The third kappa shape index (κ3) is 4.96. The molecule has 1 amide bonds. The summed E-state index contributed by atoms with van der Waals surface area (Å²) in [4.78, 5) is 28.6. The molecule has 8 nitrogen and oxygen atoms in total. The average Bonchev–Trinajstić information content (AvgIpc) is 3.16. The lowest BCUT2D eigenvalue weighted by Gasteiger charge is -2.35. The normalized spacial score (nSPS) is 16.6. The van der Waals surface area contributed by atoms with E-state index in [0.717, 1.165) is 42.2 Å². The molecule has 1 aliphatic rings. The predicted octanol–water partition coefficient (Wildman–Crippen LogP) is 3.73. The third-order valence-electron chi connectivity index (χ3n) is 5.39. The van der Waals surface area contributed by atoms with E-state index < -0.39 is 0 Å². The van der Waals surface area contributed by atoms with E-state index >= 15 is 0 Å². The fraction of sp³-hybridized carbons (Fsp3) is 0.348. The van der Waals surface area contributed by atoms with Gasteiger partial charge in [-0.1, -0.05) is 6.07 Å². The maximum absolute atomic E-state index is 13.0. The minimum absolute atomic E-state index is 0.0166. The van der Waals surface area contributed by atoms with Crippen molar-refractivity contribution in [2.75, 3.05) is 11.9 Å². The van der Waals surface area contributed by atoms with Crippen molar-refractivity contribution in [3.8, 4) is 0 Å². The maximum atomic E-state index is 13.0. The lowest BCUT2D eigenvalue weighted by atomic mass is 9.98. The summed E-state index contributed by atoms with van der Waals surface area (Å²) in [5.74, 6) is 2.07. The minimum Gasteiger partial charge on any atom is -0.331 e. The number of amides is 1. The molecule has 0 bridgehead atoms. The van der Waals surface area contributed by atoms with Crippen LogP contribution in [0.15, 0.2) is 42.6 Å². The Labute approximate surface area is 182 Å². The van der Waals surface area contributed by atoms with Gasteiger partial charge in [0.1, 0.15) is 17.5 Å². The van der Waals surface area contributed by atoms with Crippen LogP contribution in [0.5, 0.6) is 0 Å². The first-order valence-electron chi connectivity index (χ1n) is 10.5. The zero-order valence-corrected chi connectivity index (χ0v) is 18.1. The Morgan fingerprint density at radius 3 is 2.77 bits per heavy atom. The van der Waals surface area contributed by atoms with E-state index in [2.05, 4.69) is 25.4 Å². The van der Waals surface area contributed by atoms with Crippen molar-refractivity contribution in [3.63, 3.8) is 0 Å². The molecule has 1 N–H and O–H groups in total. The molecule has 1 saturated heterocycles. The van der Waals surface area contributed by atoms with Gasteiger partial charge in [0.05, 0.1) is 17.4 Å². The molecule has 0 radical (unpaired) electrons. The molecule has 3 aromatic heterocycles. The van der Waals surface area contributed by atoms with Gasteiger partial charge in [-0.3, -0.25) is 9.48 Å². The molecule has 31 heavy (non-hydrogen) atoms. The van der Waals surface area contributed by atoms with Gasteiger partial charge >= 0.3 is 0 Å². The number of aryl methyl sites for hydroxylation is 3. The number of rotatable bonds is 5. The van der Waals surface area contributed by atoms with Gasteiger partial charge in [0.25, 0.3) is 0 Å². The van der Waals surface area contributed by atoms with Crippen molar-refractivity contribution in [3.05, 3.63) is 65.5 Å². The van der Waals surface area contributed by atoms with Crippen LogP contribution in [-0.2, 0) is 11.8 Å². The monoisotopic (exact) mass is 417 g/mol. The summed E-state index contributed by atoms with van der Waals surface area (Å²) >= 11 is 0. The Morgan fingerprint density at radius 2 is 2.00 bits per heavy atom. The molecule has 4 heterocycles. The molecular weight excluding hydrogens is 390 g/mol. The largest absolute Gasteiger partial charge is 0.331 e. The fourth-order valence-electron chi connectivity index (χ4n) is 3.87. The highest BCUT2D eigenvalue weighted by Gasteiger charge is 2.28. The number of pyridine rings is 1. The summed E-state index contributed by atoms with van der Waals surface area (Å²) in [6.07, 6.45) is 8.08. The predicted molar refractivity (Wildman–Crippen MR) is 120 cm³/mol. The van der Waals surface area contributed by atoms with Crippen molar-refractivity contribution >= 4 is 23.6 Å². The summed E-state index contributed by atoms with van der Waals surface area (Å²) in [5, 5.41) is 7.41. The van der Waals surface area contributed by atoms with Crippen molar-refractivity contribution in [1.29, 1.82) is 0 Å². The second kappa shape index (κ2) is 9.07. The molecule has 1 fully saturated rings. The van der Waals surface area contributed by atoms with Crippen LogP contribution >= 0.6 is 0 Å². The highest BCUT2D eigenvalue weighted by Crippen LogP contribution is 2.31. The SMILES string of the molecule is Cc1cccc(Nc2cc([C@H]3CCCCN3C(=O)/C=C/c3ccnn3C)nc(C)n2)n1. The van der Waals surface area contributed by atoms with Crippen molar-refractivity contribution in [2.24, 2.45) is 7.05 Å². The lowest BCUT2D eigenvalue weighted by Crippen LogP contribution is -2.38. The molecule has 0 aliphatic carbocycles. The van der Waals surface area contributed by atoms with Crippen molar-refractivity contribution in [2.45, 2.75) is 39.2 Å². The zero-order valence-electron chi connectivity index (χ0n) is 18.1. The fourth-order valence-corrected chi connectivity index (χ4v) is 3.87. The topological polar surface area (TPSA) is 88.8 Å². The molecule has 0 spiro atoms. The summed E-state index contributed by atoms with van der Waals surface area (Å²) in [6.45, 7) is 4.53.